The second-order valence-electron chi connectivity index (χ2n) is 6.41. The summed E-state index contributed by atoms with van der Waals surface area (Å²) in [6.07, 6.45) is 5.15. The molecular weight excluding hydrogens is 246 g/mol. The minimum absolute atomic E-state index is 0.189. The second-order valence-corrected chi connectivity index (χ2v) is 6.41. The Bertz CT molecular complexity index is 469. The zero-order valence-corrected chi connectivity index (χ0v) is 13.0. The lowest BCUT2D eigenvalue weighted by Gasteiger charge is -2.29. The number of nitrogens with two attached hydrogens (primary N) is 1. The number of benzene rings is 1. The molecule has 2 nitrogen and oxygen atoms in total. The maximum Gasteiger partial charge on any atom is 0.140 e. The third-order valence-electron chi connectivity index (χ3n) is 4.82. The van der Waals surface area contributed by atoms with Crippen molar-refractivity contribution < 1.29 is 4.79 Å². The monoisotopic (exact) mass is 273 g/mol. The zero-order chi connectivity index (χ0) is 14.7. The van der Waals surface area contributed by atoms with Crippen molar-refractivity contribution in [3.05, 3.63) is 34.4 Å². The summed E-state index contributed by atoms with van der Waals surface area (Å²) in [5.74, 6) is 0.992. The number of ketones is 1. The fraction of sp³-hybridized carbons (Fsp3) is 0.611. The highest BCUT2D eigenvalue weighted by Crippen LogP contribution is 2.31. The maximum absolute atomic E-state index is 12.7. The highest BCUT2D eigenvalue weighted by Gasteiger charge is 2.30. The lowest BCUT2D eigenvalue weighted by Crippen LogP contribution is -2.33. The number of aryl methyl sites for hydroxylation is 3. The van der Waals surface area contributed by atoms with Crippen LogP contribution in [0.5, 0.6) is 0 Å². The largest absolute Gasteiger partial charge is 0.330 e. The molecule has 110 valence electrons. The molecule has 0 spiro atoms. The van der Waals surface area contributed by atoms with Gasteiger partial charge in [-0.3, -0.25) is 4.79 Å². The van der Waals surface area contributed by atoms with Crippen LogP contribution in [-0.2, 0) is 11.2 Å². The van der Waals surface area contributed by atoms with E-state index in [1.54, 1.807) is 0 Å². The van der Waals surface area contributed by atoms with Crippen LogP contribution in [0.25, 0.3) is 0 Å². The molecule has 1 aliphatic carbocycles. The number of hydrogen-bond donors (Lipinski definition) is 1. The van der Waals surface area contributed by atoms with Gasteiger partial charge in [0.1, 0.15) is 5.78 Å². The molecule has 1 fully saturated rings. The van der Waals surface area contributed by atoms with Crippen molar-refractivity contribution in [1.82, 2.24) is 0 Å². The van der Waals surface area contributed by atoms with Crippen molar-refractivity contribution in [3.8, 4) is 0 Å². The summed E-state index contributed by atoms with van der Waals surface area (Å²) in [4.78, 5) is 12.7. The third kappa shape index (κ3) is 3.29. The van der Waals surface area contributed by atoms with Gasteiger partial charge in [-0.25, -0.2) is 0 Å². The fourth-order valence-electron chi connectivity index (χ4n) is 3.71. The Morgan fingerprint density at radius 2 is 1.75 bits per heavy atom. The van der Waals surface area contributed by atoms with E-state index in [0.29, 0.717) is 24.7 Å². The van der Waals surface area contributed by atoms with Gasteiger partial charge in [-0.1, -0.05) is 30.5 Å². The topological polar surface area (TPSA) is 43.1 Å². The van der Waals surface area contributed by atoms with E-state index in [9.17, 15) is 4.79 Å². The molecule has 1 saturated carbocycles. The molecule has 0 radical (unpaired) electrons. The molecular formula is C18H27NO. The quantitative estimate of drug-likeness (QED) is 0.912. The molecule has 20 heavy (non-hydrogen) atoms. The van der Waals surface area contributed by atoms with Crippen molar-refractivity contribution >= 4 is 5.78 Å². The predicted octanol–water partition coefficient (Wildman–Crippen LogP) is 3.49. The first kappa shape index (κ1) is 15.2. The SMILES string of the molecule is Cc1cc(C)c(CC(=O)C2CCCCC2CN)c(C)c1. The molecule has 2 atom stereocenters. The lowest BCUT2D eigenvalue weighted by molar-refractivity contribution is -0.124. The van der Waals surface area contributed by atoms with Crippen molar-refractivity contribution in [1.29, 1.82) is 0 Å². The van der Waals surface area contributed by atoms with Gasteiger partial charge in [-0.2, -0.15) is 0 Å². The van der Waals surface area contributed by atoms with Gasteiger partial charge in [-0.05, 0) is 62.8 Å². The van der Waals surface area contributed by atoms with Crippen molar-refractivity contribution in [2.75, 3.05) is 6.54 Å². The molecule has 1 aliphatic rings. The lowest BCUT2D eigenvalue weighted by atomic mass is 9.75. The molecule has 0 bridgehead atoms. The Labute approximate surface area is 122 Å². The van der Waals surface area contributed by atoms with Gasteiger partial charge >= 0.3 is 0 Å². The molecule has 1 aromatic carbocycles. The fourth-order valence-corrected chi connectivity index (χ4v) is 3.71. The van der Waals surface area contributed by atoms with E-state index in [1.807, 2.05) is 0 Å². The molecule has 2 rings (SSSR count). The first-order valence-electron chi connectivity index (χ1n) is 7.82. The standard InChI is InChI=1S/C18H27NO/c1-12-8-13(2)17(14(3)9-12)10-18(20)16-7-5-4-6-15(16)11-19/h8-9,15-16H,4-7,10-11,19H2,1-3H3. The summed E-state index contributed by atoms with van der Waals surface area (Å²) in [6, 6.07) is 4.35. The number of rotatable bonds is 4. The molecule has 0 aromatic heterocycles. The zero-order valence-electron chi connectivity index (χ0n) is 13.0. The second kappa shape index (κ2) is 6.53. The molecule has 0 amide bonds. The van der Waals surface area contributed by atoms with Gasteiger partial charge in [0.05, 0.1) is 0 Å². The van der Waals surface area contributed by atoms with Gasteiger partial charge in [-0.15, -0.1) is 0 Å². The van der Waals surface area contributed by atoms with E-state index in [2.05, 4.69) is 32.9 Å². The Kier molecular flexibility index (Phi) is 4.98. The summed E-state index contributed by atoms with van der Waals surface area (Å²) in [7, 11) is 0. The normalized spacial score (nSPS) is 22.8. The molecule has 2 N–H and O–H groups in total. The summed E-state index contributed by atoms with van der Waals surface area (Å²) in [5, 5.41) is 0. The summed E-state index contributed by atoms with van der Waals surface area (Å²) in [5.41, 5.74) is 10.8. The van der Waals surface area contributed by atoms with Crippen LogP contribution in [0.4, 0.5) is 0 Å². The Hall–Kier alpha value is -1.15. The van der Waals surface area contributed by atoms with Crippen molar-refractivity contribution in [2.45, 2.75) is 52.9 Å². The summed E-state index contributed by atoms with van der Waals surface area (Å²) in [6.45, 7) is 6.99. The molecule has 1 aromatic rings. The smallest absolute Gasteiger partial charge is 0.140 e. The summed E-state index contributed by atoms with van der Waals surface area (Å²) >= 11 is 0. The number of carbonyl (C=O) groups excluding carboxylic acids is 1. The van der Waals surface area contributed by atoms with Crippen LogP contribution < -0.4 is 5.73 Å². The van der Waals surface area contributed by atoms with Crippen LogP contribution in [0.15, 0.2) is 12.1 Å². The average molecular weight is 273 g/mol. The Balaban J connectivity index is 2.15. The average Bonchev–Trinajstić information content (AvgIpc) is 2.42. The van der Waals surface area contributed by atoms with E-state index in [1.165, 1.54) is 35.1 Å². The first-order valence-corrected chi connectivity index (χ1v) is 7.82. The van der Waals surface area contributed by atoms with Crippen molar-refractivity contribution in [3.63, 3.8) is 0 Å². The van der Waals surface area contributed by atoms with Crippen LogP contribution in [0, 0.1) is 32.6 Å². The third-order valence-corrected chi connectivity index (χ3v) is 4.82. The highest BCUT2D eigenvalue weighted by molar-refractivity contribution is 5.84. The number of Topliss-reactive ketones (excluding diaryl/α,β-unsaturated/α-hetero) is 1. The minimum Gasteiger partial charge on any atom is -0.330 e. The van der Waals surface area contributed by atoms with Crippen LogP contribution in [-0.4, -0.2) is 12.3 Å². The predicted molar refractivity (Wildman–Crippen MR) is 83.9 cm³/mol. The number of hydrogen-bond acceptors (Lipinski definition) is 2. The van der Waals surface area contributed by atoms with Crippen LogP contribution in [0.3, 0.4) is 0 Å². The molecule has 0 heterocycles. The van der Waals surface area contributed by atoms with Gasteiger partial charge in [0.25, 0.3) is 0 Å². The van der Waals surface area contributed by atoms with Crippen LogP contribution in [0.2, 0.25) is 0 Å². The van der Waals surface area contributed by atoms with Crippen LogP contribution in [0.1, 0.15) is 47.9 Å². The number of carbonyl (C=O) groups is 1. The van der Waals surface area contributed by atoms with Crippen molar-refractivity contribution in [2.24, 2.45) is 17.6 Å². The Morgan fingerprint density at radius 1 is 1.15 bits per heavy atom. The van der Waals surface area contributed by atoms with Gasteiger partial charge in [0, 0.05) is 12.3 Å². The van der Waals surface area contributed by atoms with Gasteiger partial charge < -0.3 is 5.73 Å². The van der Waals surface area contributed by atoms with E-state index in [0.717, 1.165) is 12.8 Å². The first-order chi connectivity index (χ1) is 9.52. The van der Waals surface area contributed by atoms with Gasteiger partial charge in [0.15, 0.2) is 0 Å². The van der Waals surface area contributed by atoms with Gasteiger partial charge in [0.2, 0.25) is 0 Å². The van der Waals surface area contributed by atoms with E-state index < -0.39 is 0 Å². The van der Waals surface area contributed by atoms with Crippen LogP contribution >= 0.6 is 0 Å². The maximum atomic E-state index is 12.7. The highest BCUT2D eigenvalue weighted by atomic mass is 16.1. The van der Waals surface area contributed by atoms with E-state index >= 15 is 0 Å². The molecule has 2 unspecified atom stereocenters. The van der Waals surface area contributed by atoms with E-state index in [-0.39, 0.29) is 5.92 Å². The minimum atomic E-state index is 0.189. The molecule has 2 heteroatoms. The summed E-state index contributed by atoms with van der Waals surface area (Å²) < 4.78 is 0. The Morgan fingerprint density at radius 3 is 2.35 bits per heavy atom. The molecule has 0 aliphatic heterocycles. The molecule has 0 saturated heterocycles. The van der Waals surface area contributed by atoms with E-state index in [4.69, 9.17) is 5.73 Å².